The molecule has 0 saturated carbocycles. The summed E-state index contributed by atoms with van der Waals surface area (Å²) in [5.74, 6) is -1.20. The van der Waals surface area contributed by atoms with E-state index in [0.29, 0.717) is 25.3 Å². The van der Waals surface area contributed by atoms with Gasteiger partial charge in [0, 0.05) is 25.7 Å². The number of carbonyl (C=O) groups excluding carboxylic acids is 2. The average Bonchev–Trinajstić information content (AvgIpc) is 3.00. The van der Waals surface area contributed by atoms with Gasteiger partial charge in [-0.15, -0.1) is 0 Å². The molecule has 3 rings (SSSR count). The zero-order chi connectivity index (χ0) is 18.8. The molecular formula is C17H19ClFN5O2. The topological polar surface area (TPSA) is 70.5 Å². The van der Waals surface area contributed by atoms with Crippen LogP contribution in [0.4, 0.5) is 9.18 Å². The Morgan fingerprint density at radius 1 is 1.31 bits per heavy atom. The van der Waals surface area contributed by atoms with Crippen molar-refractivity contribution in [3.8, 4) is 0 Å². The number of fused-ring (bicyclic) bond motifs is 1. The average molecular weight is 380 g/mol. The minimum absolute atomic E-state index is 0.0504. The molecule has 7 nitrogen and oxygen atoms in total. The summed E-state index contributed by atoms with van der Waals surface area (Å²) in [7, 11) is 3.43. The zero-order valence-electron chi connectivity index (χ0n) is 14.5. The molecule has 1 aromatic heterocycles. The van der Waals surface area contributed by atoms with Gasteiger partial charge in [-0.05, 0) is 24.3 Å². The monoisotopic (exact) mass is 379 g/mol. The van der Waals surface area contributed by atoms with Crippen molar-refractivity contribution in [2.75, 3.05) is 20.6 Å². The molecule has 1 aromatic carbocycles. The molecule has 2 heterocycles. The Labute approximate surface area is 155 Å². The molecule has 0 fully saturated rings. The molecule has 2 aromatic rings. The highest BCUT2D eigenvalue weighted by molar-refractivity contribution is 6.30. The molecule has 9 heteroatoms. The van der Waals surface area contributed by atoms with E-state index in [1.54, 1.807) is 19.0 Å². The van der Waals surface area contributed by atoms with Crippen molar-refractivity contribution in [1.29, 1.82) is 0 Å². The van der Waals surface area contributed by atoms with Crippen molar-refractivity contribution in [2.24, 2.45) is 0 Å². The summed E-state index contributed by atoms with van der Waals surface area (Å²) >= 11 is 5.69. The van der Waals surface area contributed by atoms with Crippen LogP contribution in [-0.4, -0.2) is 52.2 Å². The Morgan fingerprint density at radius 3 is 2.77 bits per heavy atom. The smallest absolute Gasteiger partial charge is 0.319 e. The number of benzene rings is 1. The lowest BCUT2D eigenvalue weighted by Gasteiger charge is -2.29. The van der Waals surface area contributed by atoms with Crippen molar-refractivity contribution in [2.45, 2.75) is 19.6 Å². The van der Waals surface area contributed by atoms with Crippen LogP contribution in [0.3, 0.4) is 0 Å². The number of rotatable bonds is 3. The number of nitrogens with zero attached hydrogens (tertiary/aromatic N) is 4. The second kappa shape index (κ2) is 7.33. The Hall–Kier alpha value is -2.61. The van der Waals surface area contributed by atoms with Gasteiger partial charge in [-0.25, -0.2) is 9.18 Å². The van der Waals surface area contributed by atoms with Crippen molar-refractivity contribution >= 4 is 23.5 Å². The predicted octanol–water partition coefficient (Wildman–Crippen LogP) is 2.10. The highest BCUT2D eigenvalue weighted by atomic mass is 35.5. The van der Waals surface area contributed by atoms with E-state index in [1.807, 2.05) is 10.7 Å². The van der Waals surface area contributed by atoms with Crippen molar-refractivity contribution in [3.63, 3.8) is 0 Å². The third-order valence-corrected chi connectivity index (χ3v) is 4.34. The van der Waals surface area contributed by atoms with Gasteiger partial charge in [-0.1, -0.05) is 11.6 Å². The minimum Gasteiger partial charge on any atom is -0.346 e. The maximum Gasteiger partial charge on any atom is 0.319 e. The second-order valence-corrected chi connectivity index (χ2v) is 6.69. The van der Waals surface area contributed by atoms with E-state index < -0.39 is 11.7 Å². The lowest BCUT2D eigenvalue weighted by molar-refractivity contribution is 0.0946. The maximum absolute atomic E-state index is 13.8. The fourth-order valence-corrected chi connectivity index (χ4v) is 2.96. The van der Waals surface area contributed by atoms with E-state index in [4.69, 9.17) is 11.6 Å². The third kappa shape index (κ3) is 3.80. The molecule has 1 aliphatic rings. The summed E-state index contributed by atoms with van der Waals surface area (Å²) in [6.45, 7) is 1.80. The van der Waals surface area contributed by atoms with E-state index in [2.05, 4.69) is 10.4 Å². The third-order valence-electron chi connectivity index (χ3n) is 4.11. The number of carbonyl (C=O) groups is 2. The Balaban J connectivity index is 1.64. The summed E-state index contributed by atoms with van der Waals surface area (Å²) in [6.07, 6.45) is 0. The van der Waals surface area contributed by atoms with Gasteiger partial charge in [-0.2, -0.15) is 5.10 Å². The quantitative estimate of drug-likeness (QED) is 0.887. The number of halogens is 2. The van der Waals surface area contributed by atoms with E-state index in [0.717, 1.165) is 11.8 Å². The van der Waals surface area contributed by atoms with Gasteiger partial charge in [0.15, 0.2) is 0 Å². The Bertz CT molecular complexity index is 852. The molecule has 0 bridgehead atoms. The van der Waals surface area contributed by atoms with Crippen LogP contribution in [-0.2, 0) is 19.6 Å². The normalized spacial score (nSPS) is 13.3. The van der Waals surface area contributed by atoms with Crippen molar-refractivity contribution in [3.05, 3.63) is 52.1 Å². The Morgan fingerprint density at radius 2 is 2.08 bits per heavy atom. The predicted molar refractivity (Wildman–Crippen MR) is 94.3 cm³/mol. The molecule has 0 radical (unpaired) electrons. The molecule has 1 aliphatic heterocycles. The molecule has 0 saturated heterocycles. The van der Waals surface area contributed by atoms with Crippen molar-refractivity contribution in [1.82, 2.24) is 24.9 Å². The van der Waals surface area contributed by atoms with Gasteiger partial charge < -0.3 is 15.1 Å². The van der Waals surface area contributed by atoms with Gasteiger partial charge in [0.1, 0.15) is 5.82 Å². The molecule has 0 unspecified atom stereocenters. The number of hydrogen-bond donors (Lipinski definition) is 1. The highest BCUT2D eigenvalue weighted by Crippen LogP contribution is 2.16. The van der Waals surface area contributed by atoms with E-state index in [1.165, 1.54) is 17.0 Å². The van der Waals surface area contributed by atoms with Crippen LogP contribution >= 0.6 is 11.6 Å². The number of nitrogens with one attached hydrogen (secondary N) is 1. The van der Waals surface area contributed by atoms with Crippen LogP contribution in [0, 0.1) is 5.82 Å². The fraction of sp³-hybridized carbons (Fsp3) is 0.353. The van der Waals surface area contributed by atoms with E-state index in [-0.39, 0.29) is 23.2 Å². The van der Waals surface area contributed by atoms with Gasteiger partial charge in [0.25, 0.3) is 5.91 Å². The SMILES string of the molecule is CN(C)C(=O)N1CCn2nc(CNC(=O)c3ccc(Cl)cc3F)cc2C1. The lowest BCUT2D eigenvalue weighted by Crippen LogP contribution is -2.43. The molecule has 0 atom stereocenters. The molecular weight excluding hydrogens is 361 g/mol. The minimum atomic E-state index is -0.669. The summed E-state index contributed by atoms with van der Waals surface area (Å²) in [5.41, 5.74) is 1.48. The second-order valence-electron chi connectivity index (χ2n) is 6.26. The number of amides is 3. The number of aromatic nitrogens is 2. The number of hydrogen-bond acceptors (Lipinski definition) is 3. The molecule has 3 amide bonds. The maximum atomic E-state index is 13.8. The van der Waals surface area contributed by atoms with Crippen LogP contribution in [0.15, 0.2) is 24.3 Å². The standard InChI is InChI=1S/C17H19ClFN5O2/c1-22(2)17(26)23-5-6-24-13(10-23)8-12(21-24)9-20-16(25)14-4-3-11(18)7-15(14)19/h3-4,7-8H,5-6,9-10H2,1-2H3,(H,20,25). The van der Waals surface area contributed by atoms with Gasteiger partial charge >= 0.3 is 6.03 Å². The number of urea groups is 1. The zero-order valence-corrected chi connectivity index (χ0v) is 15.3. The van der Waals surface area contributed by atoms with E-state index >= 15 is 0 Å². The van der Waals surface area contributed by atoms with Crippen LogP contribution < -0.4 is 5.32 Å². The molecule has 138 valence electrons. The summed E-state index contributed by atoms with van der Waals surface area (Å²) in [4.78, 5) is 27.5. The Kier molecular flexibility index (Phi) is 5.13. The molecule has 26 heavy (non-hydrogen) atoms. The van der Waals surface area contributed by atoms with Crippen LogP contribution in [0.5, 0.6) is 0 Å². The van der Waals surface area contributed by atoms with Crippen LogP contribution in [0.25, 0.3) is 0 Å². The van der Waals surface area contributed by atoms with Crippen molar-refractivity contribution < 1.29 is 14.0 Å². The first-order valence-corrected chi connectivity index (χ1v) is 8.48. The van der Waals surface area contributed by atoms with Gasteiger partial charge in [0.2, 0.25) is 0 Å². The van der Waals surface area contributed by atoms with Crippen LogP contribution in [0.1, 0.15) is 21.7 Å². The summed E-state index contributed by atoms with van der Waals surface area (Å²) in [6, 6.07) is 5.70. The fourth-order valence-electron chi connectivity index (χ4n) is 2.80. The molecule has 0 spiro atoms. The summed E-state index contributed by atoms with van der Waals surface area (Å²) < 4.78 is 15.6. The first kappa shape index (κ1) is 18.2. The molecule has 1 N–H and O–H groups in total. The lowest BCUT2D eigenvalue weighted by atomic mass is 10.2. The van der Waals surface area contributed by atoms with Gasteiger partial charge in [0.05, 0.1) is 36.6 Å². The summed E-state index contributed by atoms with van der Waals surface area (Å²) in [5, 5.41) is 7.31. The largest absolute Gasteiger partial charge is 0.346 e. The van der Waals surface area contributed by atoms with Gasteiger partial charge in [-0.3, -0.25) is 9.48 Å². The molecule has 0 aliphatic carbocycles. The first-order valence-electron chi connectivity index (χ1n) is 8.10. The van der Waals surface area contributed by atoms with Crippen LogP contribution in [0.2, 0.25) is 5.02 Å². The first-order chi connectivity index (χ1) is 12.3. The van der Waals surface area contributed by atoms with E-state index in [9.17, 15) is 14.0 Å². The highest BCUT2D eigenvalue weighted by Gasteiger charge is 2.23.